The fraction of sp³-hybridized carbons (Fsp3) is 0.235. The van der Waals surface area contributed by atoms with Gasteiger partial charge >= 0.3 is 0 Å². The van der Waals surface area contributed by atoms with Crippen LogP contribution in [0.2, 0.25) is 5.02 Å². The van der Waals surface area contributed by atoms with Gasteiger partial charge in [-0.2, -0.15) is 0 Å². The van der Waals surface area contributed by atoms with E-state index in [9.17, 15) is 4.79 Å². The van der Waals surface area contributed by atoms with Gasteiger partial charge in [0.05, 0.1) is 0 Å². The molecular weight excluding hydrogens is 284 g/mol. The first-order chi connectivity index (χ1) is 10.1. The van der Waals surface area contributed by atoms with Crippen molar-refractivity contribution in [1.82, 2.24) is 4.90 Å². The fourth-order valence-electron chi connectivity index (χ4n) is 2.14. The summed E-state index contributed by atoms with van der Waals surface area (Å²) in [6, 6.07) is 15.1. The van der Waals surface area contributed by atoms with Gasteiger partial charge in [-0.25, -0.2) is 0 Å². The topological polar surface area (TPSA) is 46.3 Å². The molecule has 0 saturated carbocycles. The number of halogens is 1. The summed E-state index contributed by atoms with van der Waals surface area (Å²) >= 11 is 5.86. The molecule has 0 radical (unpaired) electrons. The van der Waals surface area contributed by atoms with Crippen molar-refractivity contribution in [2.24, 2.45) is 5.73 Å². The number of nitrogens with zero attached hydrogens (tertiary/aromatic N) is 1. The maximum absolute atomic E-state index is 12.4. The highest BCUT2D eigenvalue weighted by Gasteiger charge is 2.11. The Bertz CT molecular complexity index is 593. The molecule has 1 amide bonds. The summed E-state index contributed by atoms with van der Waals surface area (Å²) in [5.74, 6) is 0.00393. The first-order valence-electron chi connectivity index (χ1n) is 6.89. The van der Waals surface area contributed by atoms with Crippen LogP contribution in [-0.4, -0.2) is 24.4 Å². The third-order valence-electron chi connectivity index (χ3n) is 3.31. The van der Waals surface area contributed by atoms with Gasteiger partial charge < -0.3 is 10.6 Å². The second kappa shape index (κ2) is 7.25. The Labute approximate surface area is 130 Å². The van der Waals surface area contributed by atoms with E-state index < -0.39 is 0 Å². The average Bonchev–Trinajstić information content (AvgIpc) is 2.50. The quantitative estimate of drug-likeness (QED) is 0.922. The van der Waals surface area contributed by atoms with E-state index in [0.717, 1.165) is 17.5 Å². The van der Waals surface area contributed by atoms with Crippen LogP contribution in [0, 0.1) is 0 Å². The zero-order valence-electron chi connectivity index (χ0n) is 12.1. The minimum Gasteiger partial charge on any atom is -0.337 e. The van der Waals surface area contributed by atoms with Crippen LogP contribution in [0.15, 0.2) is 48.5 Å². The zero-order valence-corrected chi connectivity index (χ0v) is 12.8. The van der Waals surface area contributed by atoms with Gasteiger partial charge in [0, 0.05) is 24.2 Å². The van der Waals surface area contributed by atoms with Crippen LogP contribution in [0.3, 0.4) is 0 Å². The predicted octanol–water partition coefficient (Wildman–Crippen LogP) is 3.11. The molecule has 3 nitrogen and oxygen atoms in total. The molecule has 0 bridgehead atoms. The zero-order chi connectivity index (χ0) is 15.2. The Kier molecular flexibility index (Phi) is 5.37. The van der Waals surface area contributed by atoms with Crippen molar-refractivity contribution in [2.75, 3.05) is 13.6 Å². The van der Waals surface area contributed by atoms with Gasteiger partial charge in [-0.05, 0) is 48.4 Å². The lowest BCUT2D eigenvalue weighted by Gasteiger charge is -2.17. The number of rotatable bonds is 5. The lowest BCUT2D eigenvalue weighted by Crippen LogP contribution is -2.26. The second-order valence-corrected chi connectivity index (χ2v) is 5.46. The van der Waals surface area contributed by atoms with Gasteiger partial charge in [0.25, 0.3) is 5.91 Å². The van der Waals surface area contributed by atoms with Crippen LogP contribution in [0.5, 0.6) is 0 Å². The molecule has 0 spiro atoms. The molecule has 2 aromatic rings. The first-order valence-corrected chi connectivity index (χ1v) is 7.27. The molecule has 0 saturated heterocycles. The molecule has 2 aromatic carbocycles. The Morgan fingerprint density at radius 1 is 1.05 bits per heavy atom. The second-order valence-electron chi connectivity index (χ2n) is 5.02. The summed E-state index contributed by atoms with van der Waals surface area (Å²) in [5.41, 5.74) is 8.40. The highest BCUT2D eigenvalue weighted by atomic mass is 35.5. The van der Waals surface area contributed by atoms with Crippen LogP contribution in [-0.2, 0) is 13.0 Å². The Hall–Kier alpha value is -1.84. The molecule has 0 fully saturated rings. The summed E-state index contributed by atoms with van der Waals surface area (Å²) in [7, 11) is 1.80. The fourth-order valence-corrected chi connectivity index (χ4v) is 2.26. The number of benzene rings is 2. The maximum Gasteiger partial charge on any atom is 0.253 e. The van der Waals surface area contributed by atoms with Gasteiger partial charge in [-0.15, -0.1) is 0 Å². The van der Waals surface area contributed by atoms with E-state index in [1.807, 2.05) is 48.5 Å². The van der Waals surface area contributed by atoms with E-state index in [1.54, 1.807) is 11.9 Å². The molecule has 21 heavy (non-hydrogen) atoms. The summed E-state index contributed by atoms with van der Waals surface area (Å²) in [4.78, 5) is 14.1. The average molecular weight is 303 g/mol. The number of carbonyl (C=O) groups is 1. The van der Waals surface area contributed by atoms with Gasteiger partial charge in [0.1, 0.15) is 0 Å². The van der Waals surface area contributed by atoms with Crippen LogP contribution in [0.25, 0.3) is 0 Å². The molecule has 0 heterocycles. The van der Waals surface area contributed by atoms with E-state index in [4.69, 9.17) is 17.3 Å². The maximum atomic E-state index is 12.4. The molecule has 2 rings (SSSR count). The molecule has 0 atom stereocenters. The van der Waals surface area contributed by atoms with Crippen LogP contribution < -0.4 is 5.73 Å². The molecular formula is C17H19ClN2O. The lowest BCUT2D eigenvalue weighted by atomic mass is 10.1. The highest BCUT2D eigenvalue weighted by Crippen LogP contribution is 2.13. The molecule has 0 aromatic heterocycles. The molecule has 0 aliphatic heterocycles. The summed E-state index contributed by atoms with van der Waals surface area (Å²) < 4.78 is 0. The summed E-state index contributed by atoms with van der Waals surface area (Å²) in [5, 5.41) is 0.697. The SMILES string of the molecule is CN(Cc1ccc(Cl)cc1)C(=O)c1ccc(CCN)cc1. The van der Waals surface area contributed by atoms with Crippen molar-refractivity contribution in [2.45, 2.75) is 13.0 Å². The minimum absolute atomic E-state index is 0.00393. The van der Waals surface area contributed by atoms with Gasteiger partial charge in [-0.1, -0.05) is 35.9 Å². The van der Waals surface area contributed by atoms with Crippen molar-refractivity contribution in [3.8, 4) is 0 Å². The molecule has 0 unspecified atom stereocenters. The van der Waals surface area contributed by atoms with Crippen LogP contribution in [0.4, 0.5) is 0 Å². The largest absolute Gasteiger partial charge is 0.337 e. The van der Waals surface area contributed by atoms with Gasteiger partial charge in [-0.3, -0.25) is 4.79 Å². The molecule has 4 heteroatoms. The lowest BCUT2D eigenvalue weighted by molar-refractivity contribution is 0.0785. The van der Waals surface area contributed by atoms with Crippen molar-refractivity contribution < 1.29 is 4.79 Å². The summed E-state index contributed by atoms with van der Waals surface area (Å²) in [6.45, 7) is 1.17. The number of hydrogen-bond acceptors (Lipinski definition) is 2. The van der Waals surface area contributed by atoms with E-state index in [-0.39, 0.29) is 5.91 Å². The number of nitrogens with two attached hydrogens (primary N) is 1. The number of amides is 1. The molecule has 110 valence electrons. The normalized spacial score (nSPS) is 10.4. The predicted molar refractivity (Wildman–Crippen MR) is 86.4 cm³/mol. The molecule has 0 aliphatic carbocycles. The van der Waals surface area contributed by atoms with Crippen molar-refractivity contribution in [1.29, 1.82) is 0 Å². The highest BCUT2D eigenvalue weighted by molar-refractivity contribution is 6.30. The number of carbonyl (C=O) groups excluding carboxylic acids is 1. The van der Waals surface area contributed by atoms with Gasteiger partial charge in [0.2, 0.25) is 0 Å². The van der Waals surface area contributed by atoms with Crippen molar-refractivity contribution >= 4 is 17.5 Å². The first kappa shape index (κ1) is 15.5. The Morgan fingerprint density at radius 3 is 2.19 bits per heavy atom. The monoisotopic (exact) mass is 302 g/mol. The van der Waals surface area contributed by atoms with Crippen molar-refractivity contribution in [3.05, 3.63) is 70.2 Å². The molecule has 2 N–H and O–H groups in total. The third kappa shape index (κ3) is 4.31. The Balaban J connectivity index is 2.02. The van der Waals surface area contributed by atoms with Crippen LogP contribution in [0.1, 0.15) is 21.5 Å². The van der Waals surface area contributed by atoms with Crippen LogP contribution >= 0.6 is 11.6 Å². The van der Waals surface area contributed by atoms with E-state index in [1.165, 1.54) is 0 Å². The van der Waals surface area contributed by atoms with Gasteiger partial charge in [0.15, 0.2) is 0 Å². The smallest absolute Gasteiger partial charge is 0.253 e. The van der Waals surface area contributed by atoms with E-state index in [0.29, 0.717) is 23.7 Å². The van der Waals surface area contributed by atoms with Crippen molar-refractivity contribution in [3.63, 3.8) is 0 Å². The summed E-state index contributed by atoms with van der Waals surface area (Å²) in [6.07, 6.45) is 0.828. The standard InChI is InChI=1S/C17H19ClN2O/c1-20(12-14-4-8-16(18)9-5-14)17(21)15-6-2-13(3-7-15)10-11-19/h2-9H,10-12,19H2,1H3. The van der Waals surface area contributed by atoms with E-state index >= 15 is 0 Å². The number of hydrogen-bond donors (Lipinski definition) is 1. The van der Waals surface area contributed by atoms with E-state index in [2.05, 4.69) is 0 Å². The molecule has 0 aliphatic rings. The Morgan fingerprint density at radius 2 is 1.62 bits per heavy atom. The third-order valence-corrected chi connectivity index (χ3v) is 3.57. The minimum atomic E-state index is 0.00393.